The van der Waals surface area contributed by atoms with Crippen molar-refractivity contribution in [1.29, 1.82) is 0 Å². The highest BCUT2D eigenvalue weighted by Gasteiger charge is 2.23. The predicted octanol–water partition coefficient (Wildman–Crippen LogP) is 2.76. The van der Waals surface area contributed by atoms with Crippen molar-refractivity contribution >= 4 is 10.1 Å². The van der Waals surface area contributed by atoms with Gasteiger partial charge in [-0.1, -0.05) is 31.5 Å². The quantitative estimate of drug-likeness (QED) is 0.723. The second-order valence-electron chi connectivity index (χ2n) is 5.33. The van der Waals surface area contributed by atoms with E-state index in [0.29, 0.717) is 13.2 Å². The van der Waals surface area contributed by atoms with Crippen LogP contribution in [0.15, 0.2) is 29.2 Å². The molecule has 0 bridgehead atoms. The van der Waals surface area contributed by atoms with E-state index in [1.807, 2.05) is 27.7 Å². The molecule has 0 aliphatic heterocycles. The lowest BCUT2D eigenvalue weighted by Gasteiger charge is -2.23. The summed E-state index contributed by atoms with van der Waals surface area (Å²) in [5.41, 5.74) is 0.670. The van der Waals surface area contributed by atoms with Crippen LogP contribution >= 0.6 is 0 Å². The highest BCUT2D eigenvalue weighted by atomic mass is 32.2. The van der Waals surface area contributed by atoms with Gasteiger partial charge < -0.3 is 4.74 Å². The molecule has 4 nitrogen and oxygen atoms in total. The molecule has 0 saturated heterocycles. The molecule has 5 heteroatoms. The summed E-state index contributed by atoms with van der Waals surface area (Å²) >= 11 is 0. The predicted molar refractivity (Wildman–Crippen MR) is 74.6 cm³/mol. The Morgan fingerprint density at radius 2 is 1.68 bits per heavy atom. The van der Waals surface area contributed by atoms with Gasteiger partial charge in [0.1, 0.15) is 0 Å². The molecular weight excluding hydrogens is 264 g/mol. The fourth-order valence-electron chi connectivity index (χ4n) is 1.43. The van der Waals surface area contributed by atoms with Gasteiger partial charge in [0.05, 0.1) is 18.1 Å². The molecule has 0 radical (unpaired) electrons. The van der Waals surface area contributed by atoms with E-state index < -0.39 is 10.1 Å². The Kier molecular flexibility index (Phi) is 5.52. The Hall–Kier alpha value is -0.910. The first-order chi connectivity index (χ1) is 8.77. The molecule has 0 saturated carbocycles. The monoisotopic (exact) mass is 286 g/mol. The van der Waals surface area contributed by atoms with Crippen LogP contribution in [0, 0.1) is 12.3 Å². The van der Waals surface area contributed by atoms with Crippen molar-refractivity contribution in [3.8, 4) is 0 Å². The maximum absolute atomic E-state index is 12.0. The highest BCUT2D eigenvalue weighted by molar-refractivity contribution is 7.86. The molecule has 0 heterocycles. The minimum absolute atomic E-state index is 0.100. The summed E-state index contributed by atoms with van der Waals surface area (Å²) in [6, 6.07) is 6.61. The van der Waals surface area contributed by atoms with Gasteiger partial charge in [0.2, 0.25) is 0 Å². The summed E-state index contributed by atoms with van der Waals surface area (Å²) in [5.74, 6) is 0. The van der Waals surface area contributed by atoms with Crippen molar-refractivity contribution in [3.63, 3.8) is 0 Å². The van der Waals surface area contributed by atoms with Crippen molar-refractivity contribution in [1.82, 2.24) is 0 Å². The number of rotatable bonds is 7. The summed E-state index contributed by atoms with van der Waals surface area (Å²) in [6.07, 6.45) is 0. The second kappa shape index (κ2) is 6.50. The van der Waals surface area contributed by atoms with Crippen LogP contribution in [0.4, 0.5) is 0 Å². The topological polar surface area (TPSA) is 52.6 Å². The van der Waals surface area contributed by atoms with E-state index in [-0.39, 0.29) is 16.9 Å². The van der Waals surface area contributed by atoms with Crippen molar-refractivity contribution < 1.29 is 17.3 Å². The molecule has 0 fully saturated rings. The zero-order valence-electron chi connectivity index (χ0n) is 12.0. The first kappa shape index (κ1) is 16.1. The molecular formula is C14H22O4S. The van der Waals surface area contributed by atoms with Gasteiger partial charge in [-0.05, 0) is 26.0 Å². The van der Waals surface area contributed by atoms with Crippen LogP contribution in [-0.4, -0.2) is 28.2 Å². The van der Waals surface area contributed by atoms with Crippen LogP contribution in [0.25, 0.3) is 0 Å². The zero-order chi connectivity index (χ0) is 14.5. The van der Waals surface area contributed by atoms with E-state index in [4.69, 9.17) is 8.92 Å². The van der Waals surface area contributed by atoms with E-state index in [9.17, 15) is 8.42 Å². The fraction of sp³-hybridized carbons (Fsp3) is 0.571. The van der Waals surface area contributed by atoms with Crippen molar-refractivity contribution in [2.75, 3.05) is 19.8 Å². The standard InChI is InChI=1S/C14H22O4S/c1-5-17-10-14(3,4)11-18-19(15,16)13-8-6-12(2)7-9-13/h6-9H,5,10-11H2,1-4H3. The minimum atomic E-state index is -3.69. The first-order valence-electron chi connectivity index (χ1n) is 6.31. The van der Waals surface area contributed by atoms with Gasteiger partial charge in [-0.2, -0.15) is 8.42 Å². The molecule has 0 amide bonds. The summed E-state index contributed by atoms with van der Waals surface area (Å²) in [7, 11) is -3.69. The molecule has 1 aromatic carbocycles. The number of ether oxygens (including phenoxy) is 1. The Morgan fingerprint density at radius 3 is 2.21 bits per heavy atom. The van der Waals surface area contributed by atoms with E-state index in [1.54, 1.807) is 24.3 Å². The lowest BCUT2D eigenvalue weighted by atomic mass is 9.97. The van der Waals surface area contributed by atoms with E-state index in [2.05, 4.69) is 0 Å². The number of hydrogen-bond acceptors (Lipinski definition) is 4. The smallest absolute Gasteiger partial charge is 0.296 e. The first-order valence-corrected chi connectivity index (χ1v) is 7.71. The molecule has 1 rings (SSSR count). The maximum atomic E-state index is 12.0. The normalized spacial score (nSPS) is 12.6. The van der Waals surface area contributed by atoms with Crippen LogP contribution in [0.5, 0.6) is 0 Å². The average molecular weight is 286 g/mol. The Morgan fingerprint density at radius 1 is 1.11 bits per heavy atom. The molecule has 0 spiro atoms. The van der Waals surface area contributed by atoms with Crippen molar-refractivity contribution in [3.05, 3.63) is 29.8 Å². The maximum Gasteiger partial charge on any atom is 0.296 e. The Balaban J connectivity index is 2.68. The summed E-state index contributed by atoms with van der Waals surface area (Å²) < 4.78 is 34.4. The van der Waals surface area contributed by atoms with Gasteiger partial charge in [0.25, 0.3) is 10.1 Å². The third-order valence-corrected chi connectivity index (χ3v) is 3.89. The van der Waals surface area contributed by atoms with Crippen molar-refractivity contribution in [2.24, 2.45) is 5.41 Å². The number of hydrogen-bond donors (Lipinski definition) is 0. The van der Waals surface area contributed by atoms with Gasteiger partial charge in [0.15, 0.2) is 0 Å². The van der Waals surface area contributed by atoms with Crippen LogP contribution in [-0.2, 0) is 19.0 Å². The molecule has 0 N–H and O–H groups in total. The van der Waals surface area contributed by atoms with Gasteiger partial charge in [-0.15, -0.1) is 0 Å². The number of aryl methyl sites for hydroxylation is 1. The summed E-state index contributed by atoms with van der Waals surface area (Å²) in [6.45, 7) is 8.80. The zero-order valence-corrected chi connectivity index (χ0v) is 12.8. The van der Waals surface area contributed by atoms with Crippen LogP contribution in [0.2, 0.25) is 0 Å². The molecule has 0 atom stereocenters. The molecule has 0 aromatic heterocycles. The summed E-state index contributed by atoms with van der Waals surface area (Å²) in [5, 5.41) is 0. The lowest BCUT2D eigenvalue weighted by molar-refractivity contribution is 0.0426. The lowest BCUT2D eigenvalue weighted by Crippen LogP contribution is -2.27. The average Bonchev–Trinajstić information content (AvgIpc) is 2.35. The Labute approximate surface area is 115 Å². The van der Waals surface area contributed by atoms with Gasteiger partial charge in [-0.25, -0.2) is 0 Å². The molecule has 0 unspecified atom stereocenters. The van der Waals surface area contributed by atoms with Crippen LogP contribution < -0.4 is 0 Å². The van der Waals surface area contributed by atoms with E-state index in [1.165, 1.54) is 0 Å². The van der Waals surface area contributed by atoms with Gasteiger partial charge in [0, 0.05) is 12.0 Å². The third kappa shape index (κ3) is 5.30. The molecule has 0 aliphatic rings. The highest BCUT2D eigenvalue weighted by Crippen LogP contribution is 2.20. The van der Waals surface area contributed by atoms with E-state index >= 15 is 0 Å². The second-order valence-corrected chi connectivity index (χ2v) is 6.95. The number of benzene rings is 1. The molecule has 19 heavy (non-hydrogen) atoms. The molecule has 0 aliphatic carbocycles. The summed E-state index contributed by atoms with van der Waals surface area (Å²) in [4.78, 5) is 0.185. The van der Waals surface area contributed by atoms with Gasteiger partial charge >= 0.3 is 0 Å². The van der Waals surface area contributed by atoms with Crippen molar-refractivity contribution in [2.45, 2.75) is 32.6 Å². The van der Waals surface area contributed by atoms with Crippen LogP contribution in [0.1, 0.15) is 26.3 Å². The molecule has 108 valence electrons. The van der Waals surface area contributed by atoms with Gasteiger partial charge in [-0.3, -0.25) is 4.18 Å². The Bertz CT molecular complexity index is 489. The third-order valence-electron chi connectivity index (χ3n) is 2.61. The largest absolute Gasteiger partial charge is 0.381 e. The van der Waals surface area contributed by atoms with Crippen LogP contribution in [0.3, 0.4) is 0 Å². The van der Waals surface area contributed by atoms with E-state index in [0.717, 1.165) is 5.56 Å². The molecule has 1 aromatic rings. The fourth-order valence-corrected chi connectivity index (χ4v) is 2.51. The SMILES string of the molecule is CCOCC(C)(C)COS(=O)(=O)c1ccc(C)cc1. The minimum Gasteiger partial charge on any atom is -0.381 e.